The minimum absolute atomic E-state index is 0.158. The van der Waals surface area contributed by atoms with E-state index in [2.05, 4.69) is 211 Å². The number of hydrogen-bond acceptors (Lipinski definition) is 1. The van der Waals surface area contributed by atoms with Gasteiger partial charge in [0.25, 0.3) is 0 Å². The first-order valence-electron chi connectivity index (χ1n) is 17.8. The molecule has 0 N–H and O–H groups in total. The van der Waals surface area contributed by atoms with E-state index in [-0.39, 0.29) is 11.5 Å². The molecule has 51 heavy (non-hydrogen) atoms. The fourth-order valence-corrected chi connectivity index (χ4v) is 8.46. The van der Waals surface area contributed by atoms with Crippen molar-refractivity contribution in [2.24, 2.45) is 0 Å². The standard InChI is InChI=1S/C49H36N2/c1-49-30-11-10-21-48(49)51(41-18-12-17-37(31-41)35-15-6-3-7-16-35)47-29-25-39(33-44(47)49)38-24-28-46-43(32-38)42-19-8-9-20-45(42)50(46)40-26-22-36(23-27-40)34-13-4-2-5-14-34/h2-33,48H,1H3/t48?,49-/m1/s1. The van der Waals surface area contributed by atoms with Crippen molar-refractivity contribution in [3.8, 4) is 39.1 Å². The molecule has 242 valence electrons. The van der Waals surface area contributed by atoms with Crippen LogP contribution in [0.15, 0.2) is 194 Å². The first-order chi connectivity index (χ1) is 25.2. The van der Waals surface area contributed by atoms with E-state index in [0.717, 1.165) is 0 Å². The first-order valence-corrected chi connectivity index (χ1v) is 17.8. The van der Waals surface area contributed by atoms with E-state index in [9.17, 15) is 0 Å². The lowest BCUT2D eigenvalue weighted by Crippen LogP contribution is -2.39. The summed E-state index contributed by atoms with van der Waals surface area (Å²) in [7, 11) is 0. The van der Waals surface area contributed by atoms with E-state index in [1.165, 1.54) is 77.8 Å². The van der Waals surface area contributed by atoms with Crippen molar-refractivity contribution in [3.63, 3.8) is 0 Å². The molecule has 2 atom stereocenters. The van der Waals surface area contributed by atoms with Crippen molar-refractivity contribution in [3.05, 3.63) is 200 Å². The molecule has 10 rings (SSSR count). The fourth-order valence-electron chi connectivity index (χ4n) is 8.46. The van der Waals surface area contributed by atoms with Gasteiger partial charge >= 0.3 is 0 Å². The number of aromatic nitrogens is 1. The van der Waals surface area contributed by atoms with Crippen LogP contribution in [0.25, 0.3) is 60.9 Å². The molecule has 2 aliphatic rings. The highest BCUT2D eigenvalue weighted by Gasteiger charge is 2.46. The van der Waals surface area contributed by atoms with E-state index in [1.54, 1.807) is 0 Å². The number of allylic oxidation sites excluding steroid dienone is 2. The summed E-state index contributed by atoms with van der Waals surface area (Å²) in [5, 5.41) is 2.53. The molecule has 1 aromatic heterocycles. The molecule has 7 aromatic carbocycles. The summed E-state index contributed by atoms with van der Waals surface area (Å²) in [6, 6.07) is 62.2. The maximum absolute atomic E-state index is 2.53. The van der Waals surface area contributed by atoms with Gasteiger partial charge in [0.2, 0.25) is 0 Å². The molecule has 0 fully saturated rings. The third-order valence-electron chi connectivity index (χ3n) is 11.0. The number of benzene rings is 7. The summed E-state index contributed by atoms with van der Waals surface area (Å²) in [5.41, 5.74) is 14.7. The lowest BCUT2D eigenvalue weighted by molar-refractivity contribution is 0.551. The molecule has 2 heteroatoms. The van der Waals surface area contributed by atoms with Gasteiger partial charge in [0.05, 0.1) is 17.1 Å². The maximum Gasteiger partial charge on any atom is 0.0655 e. The van der Waals surface area contributed by atoms with Crippen molar-refractivity contribution in [2.75, 3.05) is 4.90 Å². The van der Waals surface area contributed by atoms with Crippen LogP contribution in [0.5, 0.6) is 0 Å². The number of rotatable bonds is 5. The molecular formula is C49H36N2. The summed E-state index contributed by atoms with van der Waals surface area (Å²) >= 11 is 0. The second kappa shape index (κ2) is 11.6. The smallest absolute Gasteiger partial charge is 0.0655 e. The van der Waals surface area contributed by atoms with Crippen molar-refractivity contribution in [2.45, 2.75) is 18.4 Å². The zero-order valence-corrected chi connectivity index (χ0v) is 28.4. The number of hydrogen-bond donors (Lipinski definition) is 0. The molecule has 0 bridgehead atoms. The Bertz CT molecular complexity index is 2640. The average Bonchev–Trinajstić information content (AvgIpc) is 3.67. The highest BCUT2D eigenvalue weighted by molar-refractivity contribution is 6.10. The van der Waals surface area contributed by atoms with Gasteiger partial charge in [-0.3, -0.25) is 0 Å². The largest absolute Gasteiger partial charge is 0.333 e. The SMILES string of the molecule is C[C@]12C=CC=CC1N(c1cccc(-c3ccccc3)c1)c1ccc(-c3ccc4c(c3)c3ccccc3n4-c3ccc(-c4ccccc4)cc3)cc12. The van der Waals surface area contributed by atoms with E-state index < -0.39 is 0 Å². The first kappa shape index (κ1) is 29.5. The van der Waals surface area contributed by atoms with Crippen molar-refractivity contribution in [1.29, 1.82) is 0 Å². The molecule has 2 heterocycles. The Labute approximate surface area is 298 Å². The third kappa shape index (κ3) is 4.71. The van der Waals surface area contributed by atoms with Gasteiger partial charge in [-0.05, 0) is 100 Å². The molecule has 1 aliphatic carbocycles. The van der Waals surface area contributed by atoms with Crippen LogP contribution in [0.1, 0.15) is 12.5 Å². The van der Waals surface area contributed by atoms with Gasteiger partial charge < -0.3 is 9.47 Å². The zero-order chi connectivity index (χ0) is 33.9. The van der Waals surface area contributed by atoms with Gasteiger partial charge in [0, 0.05) is 33.2 Å². The van der Waals surface area contributed by atoms with Gasteiger partial charge in [0.15, 0.2) is 0 Å². The summed E-state index contributed by atoms with van der Waals surface area (Å²) in [6.45, 7) is 2.39. The van der Waals surface area contributed by atoms with Crippen LogP contribution in [-0.2, 0) is 5.41 Å². The fraction of sp³-hybridized carbons (Fsp3) is 0.0612. The Morgan fingerprint density at radius 2 is 1.06 bits per heavy atom. The van der Waals surface area contributed by atoms with Crippen LogP contribution in [-0.4, -0.2) is 10.6 Å². The summed E-state index contributed by atoms with van der Waals surface area (Å²) in [6.07, 6.45) is 9.17. The second-order valence-corrected chi connectivity index (χ2v) is 14.0. The van der Waals surface area contributed by atoms with Crippen molar-refractivity contribution < 1.29 is 0 Å². The molecule has 2 nitrogen and oxygen atoms in total. The number of para-hydroxylation sites is 1. The minimum Gasteiger partial charge on any atom is -0.333 e. The molecule has 0 amide bonds. The van der Waals surface area contributed by atoms with E-state index in [4.69, 9.17) is 0 Å². The van der Waals surface area contributed by atoms with Gasteiger partial charge in [-0.2, -0.15) is 0 Å². The quantitative estimate of drug-likeness (QED) is 0.180. The zero-order valence-electron chi connectivity index (χ0n) is 28.4. The number of fused-ring (bicyclic) bond motifs is 6. The van der Waals surface area contributed by atoms with Crippen molar-refractivity contribution in [1.82, 2.24) is 4.57 Å². The Hall–Kier alpha value is -6.38. The molecule has 1 aliphatic heterocycles. The monoisotopic (exact) mass is 652 g/mol. The summed E-state index contributed by atoms with van der Waals surface area (Å²) < 4.78 is 2.40. The Kier molecular flexibility index (Phi) is 6.72. The number of anilines is 2. The van der Waals surface area contributed by atoms with Crippen LogP contribution in [0.3, 0.4) is 0 Å². The van der Waals surface area contributed by atoms with Gasteiger partial charge in [0.1, 0.15) is 0 Å². The Morgan fingerprint density at radius 1 is 0.451 bits per heavy atom. The molecule has 0 spiro atoms. The van der Waals surface area contributed by atoms with Gasteiger partial charge in [-0.25, -0.2) is 0 Å². The van der Waals surface area contributed by atoms with E-state index in [1.807, 2.05) is 0 Å². The minimum atomic E-state index is -0.158. The predicted octanol–water partition coefficient (Wildman–Crippen LogP) is 12.7. The molecule has 8 aromatic rings. The molecule has 0 saturated heterocycles. The highest BCUT2D eigenvalue weighted by Crippen LogP contribution is 2.52. The molecule has 1 unspecified atom stereocenters. The maximum atomic E-state index is 2.53. The average molecular weight is 653 g/mol. The molecular weight excluding hydrogens is 617 g/mol. The third-order valence-corrected chi connectivity index (χ3v) is 11.0. The van der Waals surface area contributed by atoms with Gasteiger partial charge in [-0.15, -0.1) is 0 Å². The Balaban J connectivity index is 1.07. The van der Waals surface area contributed by atoms with Crippen LogP contribution in [0.2, 0.25) is 0 Å². The molecule has 0 radical (unpaired) electrons. The topological polar surface area (TPSA) is 8.17 Å². The van der Waals surface area contributed by atoms with Gasteiger partial charge in [-0.1, -0.05) is 140 Å². The molecule has 0 saturated carbocycles. The lowest BCUT2D eigenvalue weighted by atomic mass is 9.75. The Morgan fingerprint density at radius 3 is 1.86 bits per heavy atom. The van der Waals surface area contributed by atoms with Crippen LogP contribution < -0.4 is 4.90 Å². The van der Waals surface area contributed by atoms with Crippen LogP contribution in [0, 0.1) is 0 Å². The van der Waals surface area contributed by atoms with E-state index in [0.29, 0.717) is 0 Å². The highest BCUT2D eigenvalue weighted by atomic mass is 15.2. The second-order valence-electron chi connectivity index (χ2n) is 14.0. The summed E-state index contributed by atoms with van der Waals surface area (Å²) in [5.74, 6) is 0. The predicted molar refractivity (Wildman–Crippen MR) is 215 cm³/mol. The van der Waals surface area contributed by atoms with Crippen LogP contribution >= 0.6 is 0 Å². The number of nitrogens with zero attached hydrogens (tertiary/aromatic N) is 2. The summed E-state index contributed by atoms with van der Waals surface area (Å²) in [4.78, 5) is 2.53. The van der Waals surface area contributed by atoms with E-state index >= 15 is 0 Å². The van der Waals surface area contributed by atoms with Crippen molar-refractivity contribution >= 4 is 33.2 Å². The normalized spacial score (nSPS) is 17.6. The lowest BCUT2D eigenvalue weighted by Gasteiger charge is -2.34. The van der Waals surface area contributed by atoms with Crippen LogP contribution in [0.4, 0.5) is 11.4 Å².